The number of nitrogens with one attached hydrogen (secondary N) is 1. The summed E-state index contributed by atoms with van der Waals surface area (Å²) in [5.74, 6) is 0.302. The molecule has 2 N–H and O–H groups in total. The lowest BCUT2D eigenvalue weighted by Gasteiger charge is -2.17. The summed E-state index contributed by atoms with van der Waals surface area (Å²) in [6, 6.07) is 3.98. The molecule has 0 bridgehead atoms. The zero-order chi connectivity index (χ0) is 11.3. The lowest BCUT2D eigenvalue weighted by Crippen LogP contribution is -2.27. The van der Waals surface area contributed by atoms with Crippen LogP contribution in [-0.4, -0.2) is 16.2 Å². The molecule has 3 nitrogen and oxygen atoms in total. The number of rotatable bonds is 0. The minimum absolute atomic E-state index is 0.302. The number of fused-ring (bicyclic) bond motifs is 3. The average molecular weight is 237 g/mol. The molecule has 0 aliphatic carbocycles. The number of aromatic hydroxyl groups is 1. The van der Waals surface area contributed by atoms with Crippen LogP contribution in [0.2, 0.25) is 5.02 Å². The highest BCUT2D eigenvalue weighted by atomic mass is 35.5. The third kappa shape index (κ3) is 1.25. The Morgan fingerprint density at radius 2 is 2.25 bits per heavy atom. The highest BCUT2D eigenvalue weighted by molar-refractivity contribution is 6.36. The normalized spacial score (nSPS) is 15.4. The van der Waals surface area contributed by atoms with Crippen molar-refractivity contribution in [3.63, 3.8) is 0 Å². The molecule has 0 fully saturated rings. The summed E-state index contributed by atoms with van der Waals surface area (Å²) >= 11 is 6.19. The van der Waals surface area contributed by atoms with Crippen LogP contribution in [0.15, 0.2) is 12.1 Å². The Balaban J connectivity index is 2.44. The second kappa shape index (κ2) is 3.40. The minimum atomic E-state index is 0.302. The van der Waals surface area contributed by atoms with E-state index in [4.69, 9.17) is 11.6 Å². The largest absolute Gasteiger partial charge is 0.494 e. The van der Waals surface area contributed by atoms with Gasteiger partial charge in [0.05, 0.1) is 10.4 Å². The molecule has 2 aromatic rings. The van der Waals surface area contributed by atoms with Gasteiger partial charge in [0.2, 0.25) is 5.88 Å². The molecule has 1 aromatic heterocycles. The Morgan fingerprint density at radius 1 is 1.44 bits per heavy atom. The summed E-state index contributed by atoms with van der Waals surface area (Å²) in [5.41, 5.74) is 2.25. The number of hydrogen-bond donors (Lipinski definition) is 2. The SMILES string of the molecule is Cc1cc(Cl)c2c(O)n3c(c2c1)CNCC3. The van der Waals surface area contributed by atoms with E-state index in [9.17, 15) is 5.11 Å². The number of hydrogen-bond acceptors (Lipinski definition) is 2. The van der Waals surface area contributed by atoms with E-state index in [1.165, 1.54) is 0 Å². The zero-order valence-corrected chi connectivity index (χ0v) is 9.80. The van der Waals surface area contributed by atoms with Crippen molar-refractivity contribution in [1.82, 2.24) is 9.88 Å². The number of aryl methyl sites for hydroxylation is 1. The summed E-state index contributed by atoms with van der Waals surface area (Å²) in [6.45, 7) is 4.49. The summed E-state index contributed by atoms with van der Waals surface area (Å²) in [6.07, 6.45) is 0. The first-order valence-electron chi connectivity index (χ1n) is 5.39. The van der Waals surface area contributed by atoms with E-state index in [0.29, 0.717) is 10.9 Å². The molecule has 0 unspecified atom stereocenters. The van der Waals surface area contributed by atoms with Crippen molar-refractivity contribution in [2.45, 2.75) is 20.0 Å². The Kier molecular flexibility index (Phi) is 2.13. The molecular weight excluding hydrogens is 224 g/mol. The van der Waals surface area contributed by atoms with E-state index in [1.807, 2.05) is 17.6 Å². The van der Waals surface area contributed by atoms with Gasteiger partial charge in [-0.05, 0) is 24.6 Å². The van der Waals surface area contributed by atoms with Crippen molar-refractivity contribution in [3.05, 3.63) is 28.4 Å². The van der Waals surface area contributed by atoms with Gasteiger partial charge in [-0.25, -0.2) is 0 Å². The average Bonchev–Trinajstić information content (AvgIpc) is 2.54. The van der Waals surface area contributed by atoms with Crippen molar-refractivity contribution >= 4 is 22.4 Å². The van der Waals surface area contributed by atoms with Gasteiger partial charge in [0, 0.05) is 30.7 Å². The number of benzene rings is 1. The molecule has 1 aromatic carbocycles. The summed E-state index contributed by atoms with van der Waals surface area (Å²) in [7, 11) is 0. The Labute approximate surface area is 98.6 Å². The number of aromatic nitrogens is 1. The predicted octanol–water partition coefficient (Wildman–Crippen LogP) is 2.41. The number of halogens is 1. The lowest BCUT2D eigenvalue weighted by atomic mass is 10.1. The topological polar surface area (TPSA) is 37.2 Å². The van der Waals surface area contributed by atoms with Gasteiger partial charge in [0.25, 0.3) is 0 Å². The quantitative estimate of drug-likeness (QED) is 0.737. The maximum Gasteiger partial charge on any atom is 0.200 e. The first-order chi connectivity index (χ1) is 7.68. The molecule has 84 valence electrons. The van der Waals surface area contributed by atoms with Gasteiger partial charge in [-0.3, -0.25) is 0 Å². The van der Waals surface area contributed by atoms with Crippen LogP contribution in [0.1, 0.15) is 11.3 Å². The van der Waals surface area contributed by atoms with E-state index < -0.39 is 0 Å². The second-order valence-corrected chi connectivity index (χ2v) is 4.68. The molecule has 3 rings (SSSR count). The highest BCUT2D eigenvalue weighted by Gasteiger charge is 2.20. The maximum atomic E-state index is 10.2. The molecule has 0 saturated heterocycles. The van der Waals surface area contributed by atoms with E-state index in [-0.39, 0.29) is 0 Å². The van der Waals surface area contributed by atoms with Crippen LogP contribution in [-0.2, 0) is 13.1 Å². The molecule has 1 aliphatic rings. The van der Waals surface area contributed by atoms with Crippen LogP contribution in [0, 0.1) is 6.92 Å². The van der Waals surface area contributed by atoms with Crippen molar-refractivity contribution in [3.8, 4) is 5.88 Å². The Bertz CT molecular complexity index is 574. The Morgan fingerprint density at radius 3 is 3.06 bits per heavy atom. The van der Waals surface area contributed by atoms with E-state index in [1.54, 1.807) is 0 Å². The van der Waals surface area contributed by atoms with Crippen molar-refractivity contribution in [2.75, 3.05) is 6.54 Å². The van der Waals surface area contributed by atoms with E-state index >= 15 is 0 Å². The Hall–Kier alpha value is -1.19. The summed E-state index contributed by atoms with van der Waals surface area (Å²) in [4.78, 5) is 0. The van der Waals surface area contributed by atoms with Gasteiger partial charge in [-0.15, -0.1) is 0 Å². The molecule has 16 heavy (non-hydrogen) atoms. The first kappa shape index (κ1) is 10.00. The fourth-order valence-electron chi connectivity index (χ4n) is 2.43. The standard InChI is InChI=1S/C12H13ClN2O/c1-7-4-8-10-6-14-2-3-15(10)12(16)11(8)9(13)5-7/h4-5,14,16H,2-3,6H2,1H3. The third-order valence-electron chi connectivity index (χ3n) is 3.16. The highest BCUT2D eigenvalue weighted by Crippen LogP contribution is 2.38. The first-order valence-corrected chi connectivity index (χ1v) is 5.77. The van der Waals surface area contributed by atoms with Crippen molar-refractivity contribution < 1.29 is 5.11 Å². The fourth-order valence-corrected chi connectivity index (χ4v) is 2.79. The van der Waals surface area contributed by atoms with Crippen LogP contribution in [0.25, 0.3) is 10.8 Å². The van der Waals surface area contributed by atoms with Gasteiger partial charge in [0.15, 0.2) is 0 Å². The molecule has 0 saturated carbocycles. The second-order valence-electron chi connectivity index (χ2n) is 4.27. The van der Waals surface area contributed by atoms with E-state index in [0.717, 1.165) is 41.7 Å². The predicted molar refractivity (Wildman–Crippen MR) is 65.1 cm³/mol. The number of nitrogens with zero attached hydrogens (tertiary/aromatic N) is 1. The summed E-state index contributed by atoms with van der Waals surface area (Å²) < 4.78 is 1.95. The van der Waals surface area contributed by atoms with Gasteiger partial charge in [-0.2, -0.15) is 0 Å². The molecule has 0 spiro atoms. The molecule has 1 aliphatic heterocycles. The maximum absolute atomic E-state index is 10.2. The molecule has 4 heteroatoms. The van der Waals surface area contributed by atoms with Gasteiger partial charge in [0.1, 0.15) is 0 Å². The minimum Gasteiger partial charge on any atom is -0.494 e. The van der Waals surface area contributed by atoms with Crippen LogP contribution in [0.3, 0.4) is 0 Å². The molecule has 0 amide bonds. The third-order valence-corrected chi connectivity index (χ3v) is 3.45. The lowest BCUT2D eigenvalue weighted by molar-refractivity contribution is 0.396. The van der Waals surface area contributed by atoms with Gasteiger partial charge < -0.3 is 15.0 Å². The monoisotopic (exact) mass is 236 g/mol. The van der Waals surface area contributed by atoms with Gasteiger partial charge >= 0.3 is 0 Å². The van der Waals surface area contributed by atoms with Crippen LogP contribution >= 0.6 is 11.6 Å². The van der Waals surface area contributed by atoms with Crippen LogP contribution in [0.5, 0.6) is 5.88 Å². The fraction of sp³-hybridized carbons (Fsp3) is 0.333. The van der Waals surface area contributed by atoms with E-state index in [2.05, 4.69) is 11.4 Å². The van der Waals surface area contributed by atoms with Crippen LogP contribution in [0.4, 0.5) is 0 Å². The zero-order valence-electron chi connectivity index (χ0n) is 9.05. The van der Waals surface area contributed by atoms with Gasteiger partial charge in [-0.1, -0.05) is 11.6 Å². The summed E-state index contributed by atoms with van der Waals surface area (Å²) in [5, 5.41) is 15.9. The van der Waals surface area contributed by atoms with Crippen molar-refractivity contribution in [2.24, 2.45) is 0 Å². The molecular formula is C12H13ClN2O. The molecule has 0 atom stereocenters. The van der Waals surface area contributed by atoms with Crippen LogP contribution < -0.4 is 5.32 Å². The van der Waals surface area contributed by atoms with Crippen molar-refractivity contribution in [1.29, 1.82) is 0 Å². The molecule has 2 heterocycles. The smallest absolute Gasteiger partial charge is 0.200 e. The molecule has 0 radical (unpaired) electrons.